The minimum Gasteiger partial charge on any atom is -0.300 e. The zero-order chi connectivity index (χ0) is 11.1. The summed E-state index contributed by atoms with van der Waals surface area (Å²) >= 11 is 0. The number of rotatable bonds is 5. The van der Waals surface area contributed by atoms with Crippen LogP contribution in [0.25, 0.3) is 0 Å². The van der Waals surface area contributed by atoms with Gasteiger partial charge < -0.3 is 4.90 Å². The highest BCUT2D eigenvalue weighted by atomic mass is 15.1. The van der Waals surface area contributed by atoms with E-state index in [0.29, 0.717) is 6.04 Å². The first kappa shape index (κ1) is 13.2. The van der Waals surface area contributed by atoms with Crippen molar-refractivity contribution < 1.29 is 0 Å². The standard InChI is InChI=1S/C13H23N/c1-7-12(4)8-9-13(5)10-14(6)11(2)3/h7-9,11H,1,10H2,2-6H3/b12-8-,13-9+. The van der Waals surface area contributed by atoms with Crippen LogP contribution < -0.4 is 0 Å². The van der Waals surface area contributed by atoms with E-state index in [9.17, 15) is 0 Å². The predicted molar refractivity (Wildman–Crippen MR) is 65.5 cm³/mol. The smallest absolute Gasteiger partial charge is 0.0192 e. The van der Waals surface area contributed by atoms with Crippen molar-refractivity contribution >= 4 is 0 Å². The van der Waals surface area contributed by atoms with Crippen LogP contribution in [0.15, 0.2) is 36.0 Å². The van der Waals surface area contributed by atoms with Crippen molar-refractivity contribution in [2.24, 2.45) is 0 Å². The van der Waals surface area contributed by atoms with Gasteiger partial charge in [0.05, 0.1) is 0 Å². The molecule has 0 aliphatic rings. The molecule has 0 radical (unpaired) electrons. The molecule has 0 aromatic rings. The van der Waals surface area contributed by atoms with Crippen molar-refractivity contribution in [1.29, 1.82) is 0 Å². The fourth-order valence-corrected chi connectivity index (χ4v) is 0.970. The number of hydrogen-bond acceptors (Lipinski definition) is 1. The summed E-state index contributed by atoms with van der Waals surface area (Å²) in [7, 11) is 2.14. The minimum atomic E-state index is 0.600. The first-order chi connectivity index (χ1) is 6.47. The van der Waals surface area contributed by atoms with Crippen LogP contribution in [0.5, 0.6) is 0 Å². The number of hydrogen-bond donors (Lipinski definition) is 0. The van der Waals surface area contributed by atoms with E-state index >= 15 is 0 Å². The van der Waals surface area contributed by atoms with Crippen LogP contribution in [0.2, 0.25) is 0 Å². The van der Waals surface area contributed by atoms with E-state index in [4.69, 9.17) is 0 Å². The normalized spacial score (nSPS) is 13.9. The molecule has 1 heteroatoms. The Morgan fingerprint density at radius 3 is 2.29 bits per heavy atom. The summed E-state index contributed by atoms with van der Waals surface area (Å²) in [6.07, 6.45) is 6.14. The monoisotopic (exact) mass is 193 g/mol. The van der Waals surface area contributed by atoms with Crippen LogP contribution >= 0.6 is 0 Å². The molecule has 0 aromatic carbocycles. The summed E-state index contributed by atoms with van der Waals surface area (Å²) < 4.78 is 0. The summed E-state index contributed by atoms with van der Waals surface area (Å²) in [5, 5.41) is 0. The van der Waals surface area contributed by atoms with Gasteiger partial charge in [0.2, 0.25) is 0 Å². The van der Waals surface area contributed by atoms with Gasteiger partial charge in [0.1, 0.15) is 0 Å². The fourth-order valence-electron chi connectivity index (χ4n) is 0.970. The van der Waals surface area contributed by atoms with Gasteiger partial charge in [-0.15, -0.1) is 0 Å². The summed E-state index contributed by atoms with van der Waals surface area (Å²) in [5.74, 6) is 0. The van der Waals surface area contributed by atoms with Crippen LogP contribution in [-0.4, -0.2) is 24.5 Å². The average Bonchev–Trinajstić information content (AvgIpc) is 2.13. The van der Waals surface area contributed by atoms with Gasteiger partial charge in [0.25, 0.3) is 0 Å². The van der Waals surface area contributed by atoms with Gasteiger partial charge in [-0.1, -0.05) is 36.0 Å². The largest absolute Gasteiger partial charge is 0.300 e. The Kier molecular flexibility index (Phi) is 6.22. The summed E-state index contributed by atoms with van der Waals surface area (Å²) in [5.41, 5.74) is 2.58. The molecule has 14 heavy (non-hydrogen) atoms. The fraction of sp³-hybridized carbons (Fsp3) is 0.538. The van der Waals surface area contributed by atoms with Gasteiger partial charge in [0.15, 0.2) is 0 Å². The highest BCUT2D eigenvalue weighted by molar-refractivity contribution is 5.22. The van der Waals surface area contributed by atoms with E-state index in [1.165, 1.54) is 11.1 Å². The Morgan fingerprint density at radius 2 is 1.86 bits per heavy atom. The molecule has 0 N–H and O–H groups in total. The molecule has 0 heterocycles. The SMILES string of the molecule is C=C/C(C)=C\C=C(/C)CN(C)C(C)C. The van der Waals surface area contributed by atoms with E-state index in [-0.39, 0.29) is 0 Å². The molecule has 80 valence electrons. The van der Waals surface area contributed by atoms with Crippen LogP contribution in [-0.2, 0) is 0 Å². The van der Waals surface area contributed by atoms with Crippen molar-refractivity contribution in [3.8, 4) is 0 Å². The molecule has 0 aliphatic carbocycles. The van der Waals surface area contributed by atoms with E-state index < -0.39 is 0 Å². The first-order valence-electron chi connectivity index (χ1n) is 5.14. The lowest BCUT2D eigenvalue weighted by atomic mass is 10.2. The third-order valence-corrected chi connectivity index (χ3v) is 2.33. The maximum Gasteiger partial charge on any atom is 0.0192 e. The van der Waals surface area contributed by atoms with Crippen LogP contribution in [0.1, 0.15) is 27.7 Å². The molecular formula is C13H23N. The third-order valence-electron chi connectivity index (χ3n) is 2.33. The van der Waals surface area contributed by atoms with Crippen molar-refractivity contribution in [3.05, 3.63) is 36.0 Å². The average molecular weight is 193 g/mol. The Labute approximate surface area is 88.8 Å². The molecule has 0 atom stereocenters. The molecule has 0 saturated heterocycles. The van der Waals surface area contributed by atoms with Crippen LogP contribution in [0.4, 0.5) is 0 Å². The van der Waals surface area contributed by atoms with Crippen molar-refractivity contribution in [1.82, 2.24) is 4.90 Å². The molecule has 0 aromatic heterocycles. The summed E-state index contributed by atoms with van der Waals surface area (Å²) in [6.45, 7) is 13.4. The van der Waals surface area contributed by atoms with E-state index in [1.54, 1.807) is 0 Å². The lowest BCUT2D eigenvalue weighted by Crippen LogP contribution is -2.27. The zero-order valence-corrected chi connectivity index (χ0v) is 10.2. The topological polar surface area (TPSA) is 3.24 Å². The number of allylic oxidation sites excluding steroid dienone is 4. The predicted octanol–water partition coefficient (Wildman–Crippen LogP) is 3.41. The van der Waals surface area contributed by atoms with Crippen LogP contribution in [0.3, 0.4) is 0 Å². The molecule has 1 nitrogen and oxygen atoms in total. The molecule has 0 saturated carbocycles. The maximum absolute atomic E-state index is 3.72. The second-order valence-corrected chi connectivity index (χ2v) is 4.14. The van der Waals surface area contributed by atoms with Crippen molar-refractivity contribution in [3.63, 3.8) is 0 Å². The van der Waals surface area contributed by atoms with Crippen molar-refractivity contribution in [2.75, 3.05) is 13.6 Å². The molecule has 0 unspecified atom stereocenters. The van der Waals surface area contributed by atoms with Gasteiger partial charge in [-0.25, -0.2) is 0 Å². The van der Waals surface area contributed by atoms with Gasteiger partial charge in [-0.2, -0.15) is 0 Å². The molecule has 0 spiro atoms. The third kappa shape index (κ3) is 5.76. The van der Waals surface area contributed by atoms with Crippen molar-refractivity contribution in [2.45, 2.75) is 33.7 Å². The number of nitrogens with zero attached hydrogens (tertiary/aromatic N) is 1. The van der Waals surface area contributed by atoms with E-state index in [1.807, 2.05) is 6.08 Å². The van der Waals surface area contributed by atoms with E-state index in [0.717, 1.165) is 6.54 Å². The molecule has 0 fully saturated rings. The minimum absolute atomic E-state index is 0.600. The quantitative estimate of drug-likeness (QED) is 0.605. The van der Waals surface area contributed by atoms with Crippen LogP contribution in [0, 0.1) is 0 Å². The summed E-state index contributed by atoms with van der Waals surface area (Å²) in [6, 6.07) is 0.600. The molecule has 0 bridgehead atoms. The second kappa shape index (κ2) is 6.61. The Morgan fingerprint density at radius 1 is 1.29 bits per heavy atom. The molecular weight excluding hydrogens is 170 g/mol. The maximum atomic E-state index is 3.72. The second-order valence-electron chi connectivity index (χ2n) is 4.14. The first-order valence-corrected chi connectivity index (χ1v) is 5.14. The van der Waals surface area contributed by atoms with E-state index in [2.05, 4.69) is 58.4 Å². The lowest BCUT2D eigenvalue weighted by molar-refractivity contribution is 0.297. The van der Waals surface area contributed by atoms with Gasteiger partial charge in [0, 0.05) is 12.6 Å². The van der Waals surface area contributed by atoms with Gasteiger partial charge in [-0.05, 0) is 34.7 Å². The summed E-state index contributed by atoms with van der Waals surface area (Å²) in [4.78, 5) is 2.32. The van der Waals surface area contributed by atoms with Gasteiger partial charge >= 0.3 is 0 Å². The molecule has 0 amide bonds. The highest BCUT2D eigenvalue weighted by Crippen LogP contribution is 2.02. The lowest BCUT2D eigenvalue weighted by Gasteiger charge is -2.20. The molecule has 0 rings (SSSR count). The Bertz CT molecular complexity index is 234. The Balaban J connectivity index is 4.20. The number of likely N-dealkylation sites (N-methyl/N-ethyl adjacent to an activating group) is 1. The highest BCUT2D eigenvalue weighted by Gasteiger charge is 2.02. The molecule has 0 aliphatic heterocycles. The zero-order valence-electron chi connectivity index (χ0n) is 10.2. The van der Waals surface area contributed by atoms with Gasteiger partial charge in [-0.3, -0.25) is 0 Å². The Hall–Kier alpha value is -0.820.